The van der Waals surface area contributed by atoms with E-state index in [0.29, 0.717) is 13.0 Å². The average Bonchev–Trinajstić information content (AvgIpc) is 2.69. The summed E-state index contributed by atoms with van der Waals surface area (Å²) in [5, 5.41) is 0. The fourth-order valence-corrected chi connectivity index (χ4v) is 2.07. The molecule has 0 aliphatic carbocycles. The number of amides is 2. The van der Waals surface area contributed by atoms with Crippen molar-refractivity contribution in [1.29, 1.82) is 0 Å². The number of carbonyl (C=O) groups is 2. The molecule has 1 aromatic rings. The Labute approximate surface area is 113 Å². The zero-order valence-electron chi connectivity index (χ0n) is 9.64. The molecule has 0 aromatic heterocycles. The lowest BCUT2D eigenvalue weighted by atomic mass is 10.2. The van der Waals surface area contributed by atoms with Crippen molar-refractivity contribution in [3.05, 3.63) is 28.7 Å². The van der Waals surface area contributed by atoms with E-state index in [4.69, 9.17) is 10.5 Å². The number of halogens is 1. The first-order valence-corrected chi connectivity index (χ1v) is 6.37. The van der Waals surface area contributed by atoms with Gasteiger partial charge >= 0.3 is 6.09 Å². The number of nitrogens with two attached hydrogens (primary N) is 1. The molecule has 1 saturated heterocycles. The van der Waals surface area contributed by atoms with Crippen LogP contribution in [-0.4, -0.2) is 24.6 Å². The molecule has 1 heterocycles. The van der Waals surface area contributed by atoms with Crippen LogP contribution in [0.5, 0.6) is 0 Å². The zero-order chi connectivity index (χ0) is 13.1. The second kappa shape index (κ2) is 5.39. The van der Waals surface area contributed by atoms with Gasteiger partial charge in [-0.25, -0.2) is 4.79 Å². The van der Waals surface area contributed by atoms with E-state index in [1.807, 2.05) is 24.3 Å². The van der Waals surface area contributed by atoms with Crippen molar-refractivity contribution < 1.29 is 14.3 Å². The number of hydrogen-bond acceptors (Lipinski definition) is 3. The third kappa shape index (κ3) is 3.01. The molecular formula is C12H13BrN2O3. The molecule has 6 heteroatoms. The SMILES string of the molecule is NC(=O)CCC1CN(c2ccc(Br)cc2)C(=O)O1. The van der Waals surface area contributed by atoms with Crippen LogP contribution < -0.4 is 10.6 Å². The van der Waals surface area contributed by atoms with E-state index in [0.717, 1.165) is 10.2 Å². The standard InChI is InChI=1S/C12H13BrN2O3/c13-8-1-3-9(4-2-8)15-7-10(18-12(15)17)5-6-11(14)16/h1-4,10H,5-7H2,(H2,14,16). The summed E-state index contributed by atoms with van der Waals surface area (Å²) < 4.78 is 6.12. The fraction of sp³-hybridized carbons (Fsp3) is 0.333. The van der Waals surface area contributed by atoms with E-state index >= 15 is 0 Å². The van der Waals surface area contributed by atoms with Crippen molar-refractivity contribution in [3.63, 3.8) is 0 Å². The largest absolute Gasteiger partial charge is 0.444 e. The van der Waals surface area contributed by atoms with E-state index in [1.54, 1.807) is 4.90 Å². The highest BCUT2D eigenvalue weighted by Crippen LogP contribution is 2.24. The Hall–Kier alpha value is -1.56. The summed E-state index contributed by atoms with van der Waals surface area (Å²) in [6.07, 6.45) is 0.0423. The smallest absolute Gasteiger partial charge is 0.414 e. The van der Waals surface area contributed by atoms with Gasteiger partial charge in [-0.05, 0) is 30.7 Å². The number of ether oxygens (including phenoxy) is 1. The molecule has 1 fully saturated rings. The van der Waals surface area contributed by atoms with E-state index in [9.17, 15) is 9.59 Å². The van der Waals surface area contributed by atoms with Crippen LogP contribution in [0, 0.1) is 0 Å². The quantitative estimate of drug-likeness (QED) is 0.924. The van der Waals surface area contributed by atoms with Gasteiger partial charge in [0.15, 0.2) is 0 Å². The first-order valence-electron chi connectivity index (χ1n) is 5.58. The van der Waals surface area contributed by atoms with Crippen molar-refractivity contribution in [2.75, 3.05) is 11.4 Å². The topological polar surface area (TPSA) is 72.6 Å². The normalized spacial score (nSPS) is 18.8. The lowest BCUT2D eigenvalue weighted by molar-refractivity contribution is -0.118. The number of rotatable bonds is 4. The Morgan fingerprint density at radius 3 is 2.72 bits per heavy atom. The molecule has 0 radical (unpaired) electrons. The highest BCUT2D eigenvalue weighted by molar-refractivity contribution is 9.10. The molecule has 5 nitrogen and oxygen atoms in total. The Bertz CT molecular complexity index is 461. The van der Waals surface area contributed by atoms with Gasteiger partial charge in [-0.2, -0.15) is 0 Å². The molecule has 1 aliphatic heterocycles. The third-order valence-corrected chi connectivity index (χ3v) is 3.25. The first kappa shape index (κ1) is 12.9. The fourth-order valence-electron chi connectivity index (χ4n) is 1.81. The van der Waals surface area contributed by atoms with Crippen molar-refractivity contribution in [1.82, 2.24) is 0 Å². The third-order valence-electron chi connectivity index (χ3n) is 2.73. The number of benzene rings is 1. The Kier molecular flexibility index (Phi) is 3.86. The van der Waals surface area contributed by atoms with Crippen molar-refractivity contribution in [2.45, 2.75) is 18.9 Å². The summed E-state index contributed by atoms with van der Waals surface area (Å²) in [7, 11) is 0. The van der Waals surface area contributed by atoms with Crippen LogP contribution in [0.1, 0.15) is 12.8 Å². The van der Waals surface area contributed by atoms with E-state index in [-0.39, 0.29) is 24.5 Å². The molecule has 2 rings (SSSR count). The molecule has 96 valence electrons. The van der Waals surface area contributed by atoms with Gasteiger partial charge in [0.1, 0.15) is 6.10 Å². The van der Waals surface area contributed by atoms with Gasteiger partial charge in [-0.1, -0.05) is 15.9 Å². The summed E-state index contributed by atoms with van der Waals surface area (Å²) in [4.78, 5) is 23.9. The van der Waals surface area contributed by atoms with Crippen molar-refractivity contribution in [2.24, 2.45) is 5.73 Å². The summed E-state index contributed by atoms with van der Waals surface area (Å²) in [6.45, 7) is 0.452. The van der Waals surface area contributed by atoms with Crippen LogP contribution in [-0.2, 0) is 9.53 Å². The molecule has 1 atom stereocenters. The van der Waals surface area contributed by atoms with Gasteiger partial charge in [0.05, 0.1) is 6.54 Å². The van der Waals surface area contributed by atoms with Crippen LogP contribution in [0.3, 0.4) is 0 Å². The van der Waals surface area contributed by atoms with Gasteiger partial charge in [0.25, 0.3) is 0 Å². The molecule has 0 saturated carbocycles. The molecule has 1 aliphatic rings. The Balaban J connectivity index is 2.00. The van der Waals surface area contributed by atoms with Gasteiger partial charge in [0.2, 0.25) is 5.91 Å². The zero-order valence-corrected chi connectivity index (χ0v) is 11.2. The first-order chi connectivity index (χ1) is 8.56. The highest BCUT2D eigenvalue weighted by atomic mass is 79.9. The van der Waals surface area contributed by atoms with Crippen LogP contribution in [0.2, 0.25) is 0 Å². The summed E-state index contributed by atoms with van der Waals surface area (Å²) in [5.41, 5.74) is 5.85. The van der Waals surface area contributed by atoms with Gasteiger partial charge in [0, 0.05) is 16.6 Å². The maximum Gasteiger partial charge on any atom is 0.414 e. The average molecular weight is 313 g/mol. The second-order valence-corrected chi connectivity index (χ2v) is 5.01. The van der Waals surface area contributed by atoms with Gasteiger partial charge in [-0.15, -0.1) is 0 Å². The predicted octanol–water partition coefficient (Wildman–Crippen LogP) is 2.04. The number of anilines is 1. The van der Waals surface area contributed by atoms with E-state index in [1.165, 1.54) is 0 Å². The Morgan fingerprint density at radius 2 is 2.11 bits per heavy atom. The monoisotopic (exact) mass is 312 g/mol. The number of cyclic esters (lactones) is 1. The molecule has 1 aromatic carbocycles. The Morgan fingerprint density at radius 1 is 1.44 bits per heavy atom. The molecule has 0 spiro atoms. The molecular weight excluding hydrogens is 300 g/mol. The minimum absolute atomic E-state index is 0.228. The van der Waals surface area contributed by atoms with E-state index < -0.39 is 0 Å². The molecule has 1 unspecified atom stereocenters. The number of primary amides is 1. The van der Waals surface area contributed by atoms with Crippen LogP contribution in [0.25, 0.3) is 0 Å². The molecule has 2 amide bonds. The van der Waals surface area contributed by atoms with Crippen LogP contribution in [0.4, 0.5) is 10.5 Å². The molecule has 2 N–H and O–H groups in total. The summed E-state index contributed by atoms with van der Waals surface area (Å²) in [6, 6.07) is 7.39. The lowest BCUT2D eigenvalue weighted by Gasteiger charge is -2.12. The molecule has 0 bridgehead atoms. The van der Waals surface area contributed by atoms with Gasteiger partial charge < -0.3 is 10.5 Å². The van der Waals surface area contributed by atoms with Crippen LogP contribution in [0.15, 0.2) is 28.7 Å². The number of nitrogens with zero attached hydrogens (tertiary/aromatic N) is 1. The minimum atomic E-state index is -0.383. The molecule has 18 heavy (non-hydrogen) atoms. The minimum Gasteiger partial charge on any atom is -0.444 e. The van der Waals surface area contributed by atoms with E-state index in [2.05, 4.69) is 15.9 Å². The second-order valence-electron chi connectivity index (χ2n) is 4.10. The number of carbonyl (C=O) groups excluding carboxylic acids is 2. The predicted molar refractivity (Wildman–Crippen MR) is 70.2 cm³/mol. The number of hydrogen-bond donors (Lipinski definition) is 1. The highest BCUT2D eigenvalue weighted by Gasteiger charge is 2.32. The maximum atomic E-state index is 11.7. The van der Waals surface area contributed by atoms with Crippen molar-refractivity contribution in [3.8, 4) is 0 Å². The van der Waals surface area contributed by atoms with Crippen LogP contribution >= 0.6 is 15.9 Å². The van der Waals surface area contributed by atoms with Gasteiger partial charge in [-0.3, -0.25) is 9.69 Å². The van der Waals surface area contributed by atoms with Crippen molar-refractivity contribution >= 4 is 33.6 Å². The maximum absolute atomic E-state index is 11.7. The lowest BCUT2D eigenvalue weighted by Crippen LogP contribution is -2.24. The summed E-state index contributed by atoms with van der Waals surface area (Å²) >= 11 is 3.34. The summed E-state index contributed by atoms with van der Waals surface area (Å²) in [5.74, 6) is -0.381.